The minimum Gasteiger partial charge on any atom is -0.459 e. The minimum atomic E-state index is -3.56. The molecule has 122 valence electrons. The summed E-state index contributed by atoms with van der Waals surface area (Å²) in [6.07, 6.45) is 2.18. The molecule has 0 spiro atoms. The van der Waals surface area contributed by atoms with Crippen LogP contribution in [0.15, 0.2) is 46.0 Å². The van der Waals surface area contributed by atoms with Gasteiger partial charge in [-0.2, -0.15) is 4.31 Å². The van der Waals surface area contributed by atoms with E-state index in [0.29, 0.717) is 13.0 Å². The lowest BCUT2D eigenvalue weighted by Gasteiger charge is -2.16. The van der Waals surface area contributed by atoms with Crippen LogP contribution in [0.2, 0.25) is 0 Å². The highest BCUT2D eigenvalue weighted by Gasteiger charge is 2.34. The zero-order chi connectivity index (χ0) is 16.4. The van der Waals surface area contributed by atoms with Crippen LogP contribution in [0.25, 0.3) is 0 Å². The van der Waals surface area contributed by atoms with Gasteiger partial charge in [0.25, 0.3) is 0 Å². The number of halogens is 2. The average Bonchev–Trinajstić information content (AvgIpc) is 2.99. The predicted molar refractivity (Wildman–Crippen MR) is 83.9 cm³/mol. The van der Waals surface area contributed by atoms with Crippen molar-refractivity contribution in [2.75, 3.05) is 13.1 Å². The Hall–Kier alpha value is -1.58. The van der Waals surface area contributed by atoms with E-state index in [1.807, 2.05) is 0 Å². The smallest absolute Gasteiger partial charge is 0.316 e. The molecule has 1 aromatic carbocycles. The summed E-state index contributed by atoms with van der Waals surface area (Å²) in [5, 5.41) is 0. The van der Waals surface area contributed by atoms with Gasteiger partial charge in [-0.05, 0) is 30.7 Å². The number of hydrogen-bond donors (Lipinski definition) is 0. The fraction of sp³-hybridized carbons (Fsp3) is 0.286. The number of hydrogen-bond acceptors (Lipinski definition) is 5. The van der Waals surface area contributed by atoms with E-state index in [2.05, 4.69) is 25.9 Å². The maximum atomic E-state index is 12.8. The minimum absolute atomic E-state index is 0.0410. The second kappa shape index (κ2) is 6.50. The average molecular weight is 402 g/mol. The fourth-order valence-corrected chi connectivity index (χ4v) is 4.03. The highest BCUT2D eigenvalue weighted by molar-refractivity contribution is 9.10. The van der Waals surface area contributed by atoms with E-state index in [1.54, 1.807) is 24.3 Å². The van der Waals surface area contributed by atoms with Gasteiger partial charge in [0, 0.05) is 11.0 Å². The third-order valence-corrected chi connectivity index (χ3v) is 5.84. The monoisotopic (exact) mass is 401 g/mol. The van der Waals surface area contributed by atoms with Crippen LogP contribution < -0.4 is 4.74 Å². The molecule has 1 aliphatic rings. The summed E-state index contributed by atoms with van der Waals surface area (Å²) < 4.78 is 45.6. The van der Waals surface area contributed by atoms with Gasteiger partial charge in [0.1, 0.15) is 6.10 Å². The topological polar surface area (TPSA) is 72.4 Å². The molecule has 2 aromatic rings. The summed E-state index contributed by atoms with van der Waals surface area (Å²) in [6, 6.07) is 6.51. The standard InChI is InChI=1S/C14H13BrFN3O3S/c15-10-1-3-13(4-2-10)23(20,21)19-6-5-12(9-19)22-14-17-7-11(16)8-18-14/h1-4,7-8,12H,5-6,9H2/t12-/m1/s1. The Kier molecular flexibility index (Phi) is 4.60. The Labute approximate surface area is 141 Å². The van der Waals surface area contributed by atoms with Crippen LogP contribution >= 0.6 is 15.9 Å². The second-order valence-corrected chi connectivity index (χ2v) is 7.88. The molecule has 3 rings (SSSR count). The van der Waals surface area contributed by atoms with E-state index in [1.165, 1.54) is 4.31 Å². The van der Waals surface area contributed by atoms with Crippen molar-refractivity contribution in [1.82, 2.24) is 14.3 Å². The quantitative estimate of drug-likeness (QED) is 0.785. The first-order valence-corrected chi connectivity index (χ1v) is 9.08. The third kappa shape index (κ3) is 3.67. The zero-order valence-corrected chi connectivity index (χ0v) is 14.3. The number of rotatable bonds is 4. The van der Waals surface area contributed by atoms with Gasteiger partial charge in [-0.3, -0.25) is 0 Å². The van der Waals surface area contributed by atoms with Crippen LogP contribution in [0.4, 0.5) is 4.39 Å². The molecule has 0 aliphatic carbocycles. The maximum Gasteiger partial charge on any atom is 0.316 e. The first kappa shape index (κ1) is 16.3. The normalized spacial score (nSPS) is 19.0. The highest BCUT2D eigenvalue weighted by atomic mass is 79.9. The van der Waals surface area contributed by atoms with Crippen molar-refractivity contribution in [3.05, 3.63) is 46.9 Å². The lowest BCUT2D eigenvalue weighted by atomic mass is 10.3. The molecule has 6 nitrogen and oxygen atoms in total. The Morgan fingerprint density at radius 2 is 1.87 bits per heavy atom. The molecule has 0 bridgehead atoms. The summed E-state index contributed by atoms with van der Waals surface area (Å²) in [6.45, 7) is 0.559. The molecule has 1 aromatic heterocycles. The Morgan fingerprint density at radius 3 is 2.52 bits per heavy atom. The van der Waals surface area contributed by atoms with E-state index in [-0.39, 0.29) is 23.6 Å². The maximum absolute atomic E-state index is 12.8. The van der Waals surface area contributed by atoms with E-state index >= 15 is 0 Å². The van der Waals surface area contributed by atoms with Gasteiger partial charge in [0.2, 0.25) is 10.0 Å². The summed E-state index contributed by atoms with van der Waals surface area (Å²) in [4.78, 5) is 7.67. The molecular weight excluding hydrogens is 389 g/mol. The zero-order valence-electron chi connectivity index (χ0n) is 11.9. The first-order valence-electron chi connectivity index (χ1n) is 6.85. The number of benzene rings is 1. The summed E-state index contributed by atoms with van der Waals surface area (Å²) in [7, 11) is -3.56. The largest absolute Gasteiger partial charge is 0.459 e. The van der Waals surface area contributed by atoms with Crippen molar-refractivity contribution < 1.29 is 17.5 Å². The van der Waals surface area contributed by atoms with E-state index in [9.17, 15) is 12.8 Å². The van der Waals surface area contributed by atoms with Crippen molar-refractivity contribution in [3.8, 4) is 6.01 Å². The number of sulfonamides is 1. The van der Waals surface area contributed by atoms with Crippen LogP contribution in [0.3, 0.4) is 0 Å². The molecule has 0 N–H and O–H groups in total. The third-order valence-electron chi connectivity index (χ3n) is 3.43. The second-order valence-electron chi connectivity index (χ2n) is 5.03. The van der Waals surface area contributed by atoms with Crippen molar-refractivity contribution in [2.24, 2.45) is 0 Å². The molecule has 1 fully saturated rings. The van der Waals surface area contributed by atoms with E-state index in [4.69, 9.17) is 4.74 Å². The number of nitrogens with zero attached hydrogens (tertiary/aromatic N) is 3. The number of aromatic nitrogens is 2. The van der Waals surface area contributed by atoms with Crippen molar-refractivity contribution >= 4 is 26.0 Å². The predicted octanol–water partition coefficient (Wildman–Crippen LogP) is 2.22. The molecule has 0 radical (unpaired) electrons. The van der Waals surface area contributed by atoms with Crippen LogP contribution in [-0.4, -0.2) is 41.9 Å². The summed E-state index contributed by atoms with van der Waals surface area (Å²) in [5.74, 6) is -0.553. The number of ether oxygens (including phenoxy) is 1. The SMILES string of the molecule is O=S(=O)(c1ccc(Br)cc1)N1CC[C@@H](Oc2ncc(F)cn2)C1. The van der Waals surface area contributed by atoms with Gasteiger partial charge in [-0.15, -0.1) is 0 Å². The lowest BCUT2D eigenvalue weighted by molar-refractivity contribution is 0.197. The van der Waals surface area contributed by atoms with E-state index < -0.39 is 15.8 Å². The van der Waals surface area contributed by atoms with Crippen LogP contribution in [-0.2, 0) is 10.0 Å². The molecule has 1 atom stereocenters. The molecule has 1 saturated heterocycles. The molecule has 1 aliphatic heterocycles. The van der Waals surface area contributed by atoms with Crippen LogP contribution in [0.5, 0.6) is 6.01 Å². The van der Waals surface area contributed by atoms with E-state index in [0.717, 1.165) is 16.9 Å². The van der Waals surface area contributed by atoms with Gasteiger partial charge in [-0.1, -0.05) is 15.9 Å². The van der Waals surface area contributed by atoms with Crippen LogP contribution in [0.1, 0.15) is 6.42 Å². The molecule has 23 heavy (non-hydrogen) atoms. The van der Waals surface area contributed by atoms with Gasteiger partial charge in [0.15, 0.2) is 5.82 Å². The molecule has 0 amide bonds. The van der Waals surface area contributed by atoms with Gasteiger partial charge >= 0.3 is 6.01 Å². The van der Waals surface area contributed by atoms with Gasteiger partial charge in [-0.25, -0.2) is 22.8 Å². The molecule has 9 heteroatoms. The Morgan fingerprint density at radius 1 is 1.22 bits per heavy atom. The first-order chi connectivity index (χ1) is 10.9. The lowest BCUT2D eigenvalue weighted by Crippen LogP contribution is -2.31. The fourth-order valence-electron chi connectivity index (χ4n) is 2.28. The Bertz CT molecular complexity index is 784. The van der Waals surface area contributed by atoms with Gasteiger partial charge in [0.05, 0.1) is 23.8 Å². The highest BCUT2D eigenvalue weighted by Crippen LogP contribution is 2.24. The molecular formula is C14H13BrFN3O3S. The molecule has 0 saturated carbocycles. The summed E-state index contributed by atoms with van der Waals surface area (Å²) >= 11 is 3.28. The Balaban J connectivity index is 1.69. The van der Waals surface area contributed by atoms with Crippen LogP contribution in [0, 0.1) is 5.82 Å². The molecule has 2 heterocycles. The van der Waals surface area contributed by atoms with Gasteiger partial charge < -0.3 is 4.74 Å². The molecule has 0 unspecified atom stereocenters. The van der Waals surface area contributed by atoms with Crippen molar-refractivity contribution in [2.45, 2.75) is 17.4 Å². The van der Waals surface area contributed by atoms with Crippen molar-refractivity contribution in [3.63, 3.8) is 0 Å². The van der Waals surface area contributed by atoms with Crippen molar-refractivity contribution in [1.29, 1.82) is 0 Å². The summed E-state index contributed by atoms with van der Waals surface area (Å²) in [5.41, 5.74) is 0.